The summed E-state index contributed by atoms with van der Waals surface area (Å²) in [5, 5.41) is 17.5. The number of nitrogens with two attached hydrogens (primary N) is 1. The second-order valence-corrected chi connectivity index (χ2v) is 5.71. The molecule has 112 valence electrons. The number of aryl methyl sites for hydroxylation is 1. The van der Waals surface area contributed by atoms with Crippen molar-refractivity contribution in [1.29, 1.82) is 5.26 Å². The molecular formula is C15H12Cl2N4O. The third-order valence-electron chi connectivity index (χ3n) is 3.64. The van der Waals surface area contributed by atoms with E-state index in [0.29, 0.717) is 27.9 Å². The molecule has 0 unspecified atom stereocenters. The third kappa shape index (κ3) is 2.21. The molecule has 1 aliphatic rings. The Morgan fingerprint density at radius 2 is 2.23 bits per heavy atom. The monoisotopic (exact) mass is 334 g/mol. The molecule has 0 bridgehead atoms. The third-order valence-corrected chi connectivity index (χ3v) is 4.21. The van der Waals surface area contributed by atoms with Crippen LogP contribution in [0.3, 0.4) is 0 Å². The minimum absolute atomic E-state index is 0.0418. The number of nitrogens with one attached hydrogen (secondary N) is 1. The van der Waals surface area contributed by atoms with Gasteiger partial charge in [-0.15, -0.1) is 5.10 Å². The van der Waals surface area contributed by atoms with E-state index in [9.17, 15) is 5.26 Å². The zero-order valence-corrected chi connectivity index (χ0v) is 13.2. The Morgan fingerprint density at radius 3 is 2.86 bits per heavy atom. The van der Waals surface area contributed by atoms with Crippen molar-refractivity contribution in [3.63, 3.8) is 0 Å². The fraction of sp³-hybridized carbons (Fsp3) is 0.200. The first-order valence-electron chi connectivity index (χ1n) is 6.66. The molecule has 0 amide bonds. The number of allylic oxidation sites excluding steroid dienone is 1. The standard InChI is InChI=1S/C15H12Cl2N4O/c1-2-11-13-12(8-4-3-7(16)5-10(8)17)9(6-18)14(19)22-15(13)21-20-11/h3-5,12H,2,19H2,1H3,(H,20,21)/t12-/m0/s1. The van der Waals surface area contributed by atoms with E-state index in [1.54, 1.807) is 18.2 Å². The van der Waals surface area contributed by atoms with Crippen LogP contribution in [0.5, 0.6) is 5.88 Å². The van der Waals surface area contributed by atoms with Crippen molar-refractivity contribution in [2.45, 2.75) is 19.3 Å². The van der Waals surface area contributed by atoms with Gasteiger partial charge in [0.15, 0.2) is 0 Å². The topological polar surface area (TPSA) is 87.7 Å². The SMILES string of the molecule is CCc1[nH]nc2c1[C@@H](c1ccc(Cl)cc1Cl)C(C#N)=C(N)O2. The van der Waals surface area contributed by atoms with Crippen LogP contribution < -0.4 is 10.5 Å². The predicted molar refractivity (Wildman–Crippen MR) is 83.7 cm³/mol. The number of hydrogen-bond acceptors (Lipinski definition) is 4. The number of rotatable bonds is 2. The van der Waals surface area contributed by atoms with Gasteiger partial charge in [-0.3, -0.25) is 5.10 Å². The number of fused-ring (bicyclic) bond motifs is 1. The summed E-state index contributed by atoms with van der Waals surface area (Å²) in [6.45, 7) is 1.99. The zero-order chi connectivity index (χ0) is 15.9. The van der Waals surface area contributed by atoms with Crippen LogP contribution in [-0.2, 0) is 6.42 Å². The maximum atomic E-state index is 9.50. The smallest absolute Gasteiger partial charge is 0.244 e. The molecule has 22 heavy (non-hydrogen) atoms. The van der Waals surface area contributed by atoms with Gasteiger partial charge in [-0.2, -0.15) is 5.26 Å². The lowest BCUT2D eigenvalue weighted by Crippen LogP contribution is -2.21. The van der Waals surface area contributed by atoms with E-state index >= 15 is 0 Å². The average Bonchev–Trinajstić information content (AvgIpc) is 2.88. The Morgan fingerprint density at radius 1 is 1.45 bits per heavy atom. The first-order valence-corrected chi connectivity index (χ1v) is 7.42. The Balaban J connectivity index is 2.27. The van der Waals surface area contributed by atoms with Gasteiger partial charge in [0, 0.05) is 15.7 Å². The van der Waals surface area contributed by atoms with Crippen molar-refractivity contribution in [3.8, 4) is 11.9 Å². The lowest BCUT2D eigenvalue weighted by molar-refractivity contribution is 0.378. The number of H-pyrrole nitrogens is 1. The molecule has 3 N–H and O–H groups in total. The number of nitriles is 1. The number of nitrogens with zero attached hydrogens (tertiary/aromatic N) is 2. The Hall–Kier alpha value is -2.16. The molecule has 0 spiro atoms. The highest BCUT2D eigenvalue weighted by atomic mass is 35.5. The van der Waals surface area contributed by atoms with Gasteiger partial charge in [-0.25, -0.2) is 0 Å². The van der Waals surface area contributed by atoms with Gasteiger partial charge < -0.3 is 10.5 Å². The summed E-state index contributed by atoms with van der Waals surface area (Å²) in [6, 6.07) is 7.29. The summed E-state index contributed by atoms with van der Waals surface area (Å²) < 4.78 is 5.46. The molecule has 1 aromatic heterocycles. The van der Waals surface area contributed by atoms with Crippen molar-refractivity contribution in [3.05, 3.63) is 56.5 Å². The summed E-state index contributed by atoms with van der Waals surface area (Å²) in [4.78, 5) is 0. The molecular weight excluding hydrogens is 323 g/mol. The van der Waals surface area contributed by atoms with Crippen molar-refractivity contribution in [2.75, 3.05) is 0 Å². The molecule has 0 saturated heterocycles. The van der Waals surface area contributed by atoms with Crippen LogP contribution in [0.1, 0.15) is 29.7 Å². The van der Waals surface area contributed by atoms with E-state index in [1.165, 1.54) is 0 Å². The minimum atomic E-state index is -0.424. The highest BCUT2D eigenvalue weighted by Gasteiger charge is 2.35. The molecule has 5 nitrogen and oxygen atoms in total. The van der Waals surface area contributed by atoms with Gasteiger partial charge in [-0.05, 0) is 24.1 Å². The molecule has 0 saturated carbocycles. The van der Waals surface area contributed by atoms with Crippen LogP contribution in [0.25, 0.3) is 0 Å². The van der Waals surface area contributed by atoms with Gasteiger partial charge in [0.1, 0.15) is 11.6 Å². The van der Waals surface area contributed by atoms with Crippen LogP contribution in [0, 0.1) is 11.3 Å². The summed E-state index contributed by atoms with van der Waals surface area (Å²) in [5.41, 5.74) is 8.60. The molecule has 1 aromatic carbocycles. The Labute approximate surface area is 137 Å². The molecule has 0 radical (unpaired) electrons. The Kier molecular flexibility index (Phi) is 3.73. The van der Waals surface area contributed by atoms with E-state index in [0.717, 1.165) is 16.8 Å². The van der Waals surface area contributed by atoms with Crippen molar-refractivity contribution in [1.82, 2.24) is 10.2 Å². The normalized spacial score (nSPS) is 16.9. The fourth-order valence-corrected chi connectivity index (χ4v) is 3.14. The molecule has 0 fully saturated rings. The minimum Gasteiger partial charge on any atom is -0.420 e. The lowest BCUT2D eigenvalue weighted by atomic mass is 9.83. The van der Waals surface area contributed by atoms with E-state index < -0.39 is 5.92 Å². The largest absolute Gasteiger partial charge is 0.420 e. The van der Waals surface area contributed by atoms with E-state index in [2.05, 4.69) is 16.3 Å². The maximum Gasteiger partial charge on any atom is 0.244 e. The van der Waals surface area contributed by atoms with Crippen molar-refractivity contribution in [2.24, 2.45) is 5.73 Å². The Bertz CT molecular complexity index is 819. The number of benzene rings is 1. The van der Waals surface area contributed by atoms with E-state index in [1.807, 2.05) is 6.92 Å². The molecule has 7 heteroatoms. The summed E-state index contributed by atoms with van der Waals surface area (Å²) in [7, 11) is 0. The van der Waals surface area contributed by atoms with E-state index in [4.69, 9.17) is 33.7 Å². The lowest BCUT2D eigenvalue weighted by Gasteiger charge is -2.24. The van der Waals surface area contributed by atoms with Crippen LogP contribution >= 0.6 is 23.2 Å². The van der Waals surface area contributed by atoms with Gasteiger partial charge in [-0.1, -0.05) is 36.2 Å². The first kappa shape index (κ1) is 14.8. The van der Waals surface area contributed by atoms with Crippen molar-refractivity contribution >= 4 is 23.2 Å². The molecule has 2 heterocycles. The highest BCUT2D eigenvalue weighted by Crippen LogP contribution is 2.45. The number of halogens is 2. The molecule has 1 aliphatic heterocycles. The van der Waals surface area contributed by atoms with Crippen LogP contribution in [0.15, 0.2) is 29.7 Å². The second-order valence-electron chi connectivity index (χ2n) is 4.87. The average molecular weight is 335 g/mol. The van der Waals surface area contributed by atoms with Crippen LogP contribution in [0.2, 0.25) is 10.0 Å². The molecule has 3 rings (SSSR count). The first-order chi connectivity index (χ1) is 10.6. The zero-order valence-electron chi connectivity index (χ0n) is 11.7. The number of aromatic nitrogens is 2. The summed E-state index contributed by atoms with van der Waals surface area (Å²) in [5.74, 6) is -0.00301. The summed E-state index contributed by atoms with van der Waals surface area (Å²) in [6.07, 6.45) is 0.714. The number of hydrogen-bond donors (Lipinski definition) is 2. The maximum absolute atomic E-state index is 9.50. The molecule has 2 aromatic rings. The number of ether oxygens (including phenoxy) is 1. The summed E-state index contributed by atoms with van der Waals surface area (Å²) >= 11 is 12.3. The van der Waals surface area contributed by atoms with Crippen molar-refractivity contribution < 1.29 is 4.74 Å². The van der Waals surface area contributed by atoms with Crippen LogP contribution in [0.4, 0.5) is 0 Å². The van der Waals surface area contributed by atoms with E-state index in [-0.39, 0.29) is 5.88 Å². The molecule has 1 atom stereocenters. The fourth-order valence-electron chi connectivity index (χ4n) is 2.62. The second kappa shape index (κ2) is 5.56. The van der Waals surface area contributed by atoms with Gasteiger partial charge in [0.25, 0.3) is 0 Å². The highest BCUT2D eigenvalue weighted by molar-refractivity contribution is 6.35. The quantitative estimate of drug-likeness (QED) is 0.879. The van der Waals surface area contributed by atoms with Gasteiger partial charge in [0.05, 0.1) is 11.5 Å². The van der Waals surface area contributed by atoms with Gasteiger partial charge in [0.2, 0.25) is 11.8 Å². The molecule has 0 aliphatic carbocycles. The predicted octanol–water partition coefficient (Wildman–Crippen LogP) is 3.50. The van der Waals surface area contributed by atoms with Crippen LogP contribution in [-0.4, -0.2) is 10.2 Å². The number of aromatic amines is 1. The van der Waals surface area contributed by atoms with Gasteiger partial charge >= 0.3 is 0 Å².